The molecule has 1 nitrogen and oxygen atoms in total. The zero-order valence-electron chi connectivity index (χ0n) is 25.6. The van der Waals surface area contributed by atoms with Gasteiger partial charge in [0.1, 0.15) is 11.5 Å². The molecular weight excluding hydrogens is 569 g/mol. The smallest absolute Gasteiger partial charge is 0.135 e. The summed E-state index contributed by atoms with van der Waals surface area (Å²) in [6.45, 7) is 0. The fourth-order valence-corrected chi connectivity index (χ4v) is 7.68. The minimum absolute atomic E-state index is 0.892. The maximum Gasteiger partial charge on any atom is 0.135 e. The van der Waals surface area contributed by atoms with Gasteiger partial charge in [0, 0.05) is 10.9 Å². The van der Waals surface area contributed by atoms with Crippen molar-refractivity contribution in [1.29, 1.82) is 0 Å². The van der Waals surface area contributed by atoms with Crippen LogP contribution in [-0.4, -0.2) is 0 Å². The fourth-order valence-electron chi connectivity index (χ4n) is 7.68. The average Bonchev–Trinajstić information content (AvgIpc) is 3.14. The highest BCUT2D eigenvalue weighted by atomic mass is 16.5. The molecule has 1 aliphatic heterocycles. The molecule has 47 heavy (non-hydrogen) atoms. The van der Waals surface area contributed by atoms with Crippen molar-refractivity contribution in [1.82, 2.24) is 0 Å². The Morgan fingerprint density at radius 3 is 1.89 bits per heavy atom. The molecule has 10 rings (SSSR count). The minimum Gasteiger partial charge on any atom is -0.456 e. The molecule has 0 saturated carbocycles. The van der Waals surface area contributed by atoms with Crippen molar-refractivity contribution in [2.24, 2.45) is 0 Å². The first-order valence-corrected chi connectivity index (χ1v) is 16.2. The van der Waals surface area contributed by atoms with Gasteiger partial charge in [0.15, 0.2) is 0 Å². The van der Waals surface area contributed by atoms with Gasteiger partial charge in [0.05, 0.1) is 0 Å². The topological polar surface area (TPSA) is 9.23 Å². The van der Waals surface area contributed by atoms with Gasteiger partial charge in [-0.05, 0) is 107 Å². The van der Waals surface area contributed by atoms with Crippen molar-refractivity contribution in [2.75, 3.05) is 0 Å². The van der Waals surface area contributed by atoms with E-state index in [1.54, 1.807) is 0 Å². The summed E-state index contributed by atoms with van der Waals surface area (Å²) >= 11 is 0. The molecule has 0 spiro atoms. The maximum absolute atomic E-state index is 6.56. The predicted molar refractivity (Wildman–Crippen MR) is 198 cm³/mol. The molecule has 0 bridgehead atoms. The molecule has 0 fully saturated rings. The third kappa shape index (κ3) is 4.03. The van der Waals surface area contributed by atoms with E-state index >= 15 is 0 Å². The monoisotopic (exact) mass is 596 g/mol. The SMILES string of the molecule is c1ccc(-c2ccc3c4c(cccc24)-c2cc(-c4cccc(-c5c6ccccc6cc6ccc7ccccc7c56)c4)ccc2O3)cc1. The van der Waals surface area contributed by atoms with Gasteiger partial charge < -0.3 is 4.74 Å². The summed E-state index contributed by atoms with van der Waals surface area (Å²) < 4.78 is 6.56. The molecule has 9 aromatic carbocycles. The second kappa shape index (κ2) is 10.2. The number of ether oxygens (including phenoxy) is 1. The summed E-state index contributed by atoms with van der Waals surface area (Å²) in [5.74, 6) is 1.80. The lowest BCUT2D eigenvalue weighted by atomic mass is 9.87. The van der Waals surface area contributed by atoms with Gasteiger partial charge in [-0.2, -0.15) is 0 Å². The standard InChI is InChI=1S/C46H28O/c1-2-10-29(11-3-1)36-23-25-43-46-39(36)18-9-19-40(46)41-28-32(22-24-42(41)47-43)31-14-8-15-34(26-31)44-38-17-7-5-13-33(38)27-35-21-20-30-12-4-6-16-37(30)45(35)44/h1-28H. The fraction of sp³-hybridized carbons (Fsp3) is 0. The molecule has 1 aliphatic rings. The van der Waals surface area contributed by atoms with Crippen molar-refractivity contribution < 1.29 is 4.74 Å². The number of hydrogen-bond acceptors (Lipinski definition) is 1. The second-order valence-corrected chi connectivity index (χ2v) is 12.5. The van der Waals surface area contributed by atoms with Crippen LogP contribution in [0.15, 0.2) is 170 Å². The van der Waals surface area contributed by atoms with E-state index in [1.165, 1.54) is 82.0 Å². The van der Waals surface area contributed by atoms with Crippen molar-refractivity contribution in [2.45, 2.75) is 0 Å². The lowest BCUT2D eigenvalue weighted by Gasteiger charge is -2.23. The predicted octanol–water partition coefficient (Wildman–Crippen LogP) is 13.1. The Kier molecular flexibility index (Phi) is 5.64. The van der Waals surface area contributed by atoms with Crippen LogP contribution in [-0.2, 0) is 0 Å². The van der Waals surface area contributed by atoms with Crippen LogP contribution < -0.4 is 4.74 Å². The van der Waals surface area contributed by atoms with Gasteiger partial charge in [0.25, 0.3) is 0 Å². The Labute approximate surface area is 272 Å². The average molecular weight is 597 g/mol. The molecule has 9 aromatic rings. The van der Waals surface area contributed by atoms with E-state index in [0.29, 0.717) is 0 Å². The molecular formula is C46H28O. The van der Waals surface area contributed by atoms with Crippen molar-refractivity contribution in [3.05, 3.63) is 170 Å². The van der Waals surface area contributed by atoms with E-state index < -0.39 is 0 Å². The van der Waals surface area contributed by atoms with Crippen LogP contribution in [0.2, 0.25) is 0 Å². The van der Waals surface area contributed by atoms with Crippen LogP contribution in [0.5, 0.6) is 11.5 Å². The first kappa shape index (κ1) is 26.1. The minimum atomic E-state index is 0.892. The van der Waals surface area contributed by atoms with Crippen LogP contribution >= 0.6 is 0 Å². The zero-order valence-corrected chi connectivity index (χ0v) is 25.6. The van der Waals surface area contributed by atoms with E-state index in [0.717, 1.165) is 17.1 Å². The number of fused-ring (bicyclic) bond motifs is 6. The van der Waals surface area contributed by atoms with Crippen molar-refractivity contribution in [3.63, 3.8) is 0 Å². The third-order valence-corrected chi connectivity index (χ3v) is 9.81. The Morgan fingerprint density at radius 1 is 0.298 bits per heavy atom. The Morgan fingerprint density at radius 2 is 0.979 bits per heavy atom. The van der Waals surface area contributed by atoms with E-state index in [1.807, 2.05) is 0 Å². The van der Waals surface area contributed by atoms with E-state index in [-0.39, 0.29) is 0 Å². The van der Waals surface area contributed by atoms with E-state index in [2.05, 4.69) is 170 Å². The maximum atomic E-state index is 6.56. The van der Waals surface area contributed by atoms with Gasteiger partial charge in [-0.25, -0.2) is 0 Å². The van der Waals surface area contributed by atoms with Crippen LogP contribution in [0.25, 0.3) is 87.6 Å². The Balaban J connectivity index is 1.16. The van der Waals surface area contributed by atoms with Gasteiger partial charge in [0.2, 0.25) is 0 Å². The van der Waals surface area contributed by atoms with Crippen LogP contribution in [0, 0.1) is 0 Å². The molecule has 0 amide bonds. The molecule has 1 heterocycles. The van der Waals surface area contributed by atoms with Gasteiger partial charge in [-0.3, -0.25) is 0 Å². The first-order valence-electron chi connectivity index (χ1n) is 16.2. The summed E-state index contributed by atoms with van der Waals surface area (Å²) in [6.07, 6.45) is 0. The van der Waals surface area contributed by atoms with Crippen LogP contribution in [0.3, 0.4) is 0 Å². The molecule has 1 heteroatoms. The molecule has 0 saturated heterocycles. The lowest BCUT2D eigenvalue weighted by molar-refractivity contribution is 0.487. The van der Waals surface area contributed by atoms with Gasteiger partial charge in [-0.15, -0.1) is 0 Å². The molecule has 0 radical (unpaired) electrons. The largest absolute Gasteiger partial charge is 0.456 e. The molecule has 218 valence electrons. The second-order valence-electron chi connectivity index (χ2n) is 12.5. The zero-order chi connectivity index (χ0) is 30.9. The normalized spacial score (nSPS) is 12.0. The number of hydrogen-bond donors (Lipinski definition) is 0. The first-order chi connectivity index (χ1) is 23.3. The third-order valence-electron chi connectivity index (χ3n) is 9.81. The molecule has 0 N–H and O–H groups in total. The van der Waals surface area contributed by atoms with Crippen LogP contribution in [0.4, 0.5) is 0 Å². The highest BCUT2D eigenvalue weighted by molar-refractivity contribution is 6.22. The number of rotatable bonds is 3. The molecule has 0 aromatic heterocycles. The highest BCUT2D eigenvalue weighted by Gasteiger charge is 2.22. The summed E-state index contributed by atoms with van der Waals surface area (Å²) in [5, 5.41) is 10.00. The molecule has 0 atom stereocenters. The van der Waals surface area contributed by atoms with Crippen LogP contribution in [0.1, 0.15) is 0 Å². The quantitative estimate of drug-likeness (QED) is 0.146. The molecule has 0 aliphatic carbocycles. The highest BCUT2D eigenvalue weighted by Crippen LogP contribution is 2.50. The van der Waals surface area contributed by atoms with Crippen molar-refractivity contribution >= 4 is 43.1 Å². The summed E-state index contributed by atoms with van der Waals surface area (Å²) in [6, 6.07) is 61.5. The van der Waals surface area contributed by atoms with Gasteiger partial charge >= 0.3 is 0 Å². The van der Waals surface area contributed by atoms with Crippen molar-refractivity contribution in [3.8, 4) is 56.0 Å². The summed E-state index contributed by atoms with van der Waals surface area (Å²) in [5.41, 5.74) is 9.61. The Bertz CT molecular complexity index is 2700. The lowest BCUT2D eigenvalue weighted by Crippen LogP contribution is -1.98. The molecule has 0 unspecified atom stereocenters. The summed E-state index contributed by atoms with van der Waals surface area (Å²) in [4.78, 5) is 0. The van der Waals surface area contributed by atoms with E-state index in [4.69, 9.17) is 4.74 Å². The van der Waals surface area contributed by atoms with Gasteiger partial charge in [-0.1, -0.05) is 140 Å². The Hall–Kier alpha value is -6.18. The summed E-state index contributed by atoms with van der Waals surface area (Å²) in [7, 11) is 0. The van der Waals surface area contributed by atoms with E-state index in [9.17, 15) is 0 Å². The number of benzene rings is 9.